The van der Waals surface area contributed by atoms with Gasteiger partial charge in [-0.15, -0.1) is 0 Å². The van der Waals surface area contributed by atoms with Crippen LogP contribution in [0.4, 0.5) is 0 Å². The van der Waals surface area contributed by atoms with Gasteiger partial charge < -0.3 is 27.9 Å². The lowest BCUT2D eigenvalue weighted by atomic mass is 10.0. The number of ether oxygens (including phenoxy) is 2. The van der Waals surface area contributed by atoms with Crippen LogP contribution in [0.3, 0.4) is 0 Å². The zero-order chi connectivity index (χ0) is 30.7. The van der Waals surface area contributed by atoms with Crippen LogP contribution in [-0.2, 0) is 27.9 Å². The van der Waals surface area contributed by atoms with E-state index in [1.807, 2.05) is 28.1 Å². The van der Waals surface area contributed by atoms with E-state index in [9.17, 15) is 14.3 Å². The maximum atomic E-state index is 12.1. The molecule has 9 heteroatoms. The zero-order valence-corrected chi connectivity index (χ0v) is 28.4. The minimum atomic E-state index is -4.48. The minimum absolute atomic E-state index is 0.0288. The van der Waals surface area contributed by atoms with Crippen molar-refractivity contribution in [3.05, 3.63) is 0 Å². The molecule has 0 bridgehead atoms. The number of esters is 1. The summed E-state index contributed by atoms with van der Waals surface area (Å²) in [5.74, 6) is -0.367. The van der Waals surface area contributed by atoms with Crippen molar-refractivity contribution in [1.82, 2.24) is 0 Å². The van der Waals surface area contributed by atoms with Crippen molar-refractivity contribution in [3.63, 3.8) is 0 Å². The van der Waals surface area contributed by atoms with E-state index in [0.29, 0.717) is 24.1 Å². The van der Waals surface area contributed by atoms with Gasteiger partial charge in [0.05, 0.1) is 34.4 Å². The first-order valence-corrected chi connectivity index (χ1v) is 18.2. The molecular formula is C32H66NO7P. The van der Waals surface area contributed by atoms with Crippen molar-refractivity contribution in [2.75, 3.05) is 54.1 Å². The molecule has 8 nitrogen and oxygen atoms in total. The van der Waals surface area contributed by atoms with E-state index < -0.39 is 13.9 Å². The first kappa shape index (κ1) is 40.5. The number of carbonyl (C=O) groups is 1. The summed E-state index contributed by atoms with van der Waals surface area (Å²) >= 11 is 0. The zero-order valence-electron chi connectivity index (χ0n) is 27.5. The topological polar surface area (TPSA) is 94.1 Å². The quantitative estimate of drug-likeness (QED) is 0.0341. The van der Waals surface area contributed by atoms with Crippen LogP contribution in [0.2, 0.25) is 0 Å². The number of phosphoric acid groups is 1. The van der Waals surface area contributed by atoms with Crippen LogP contribution in [0.15, 0.2) is 0 Å². The second-order valence-electron chi connectivity index (χ2n) is 12.5. The molecule has 0 aliphatic carbocycles. The van der Waals surface area contributed by atoms with Crippen molar-refractivity contribution in [1.29, 1.82) is 0 Å². The van der Waals surface area contributed by atoms with Crippen molar-refractivity contribution in [3.8, 4) is 0 Å². The van der Waals surface area contributed by atoms with Gasteiger partial charge in [-0.25, -0.2) is 0 Å². The molecule has 0 N–H and O–H groups in total. The Morgan fingerprint density at radius 1 is 0.659 bits per heavy atom. The predicted octanol–water partition coefficient (Wildman–Crippen LogP) is 7.96. The molecule has 0 fully saturated rings. The third-order valence-electron chi connectivity index (χ3n) is 7.16. The van der Waals surface area contributed by atoms with Gasteiger partial charge in [-0.1, -0.05) is 123 Å². The molecule has 2 unspecified atom stereocenters. The molecule has 0 amide bonds. The van der Waals surface area contributed by atoms with E-state index in [-0.39, 0.29) is 25.8 Å². The van der Waals surface area contributed by atoms with Crippen LogP contribution >= 0.6 is 7.82 Å². The SMILES string of the molecule is CCCCCCCCCCCCCCCCCCCOCC(COP(=O)([O-])OCC[N+](C)(C)C)OC(=O)CCCC. The standard InChI is InChI=1S/C32H66NO7P/c1-6-8-10-11-12-13-14-15-16-17-18-19-20-21-22-23-24-27-37-29-31(40-32(34)25-9-7-2)30-39-41(35,36)38-28-26-33(3,4)5/h31H,6-30H2,1-5H3. The van der Waals surface area contributed by atoms with Gasteiger partial charge in [0.2, 0.25) is 0 Å². The number of nitrogens with zero attached hydrogens (tertiary/aromatic N) is 1. The minimum Gasteiger partial charge on any atom is -0.756 e. The number of unbranched alkanes of at least 4 members (excludes halogenated alkanes) is 17. The summed E-state index contributed by atoms with van der Waals surface area (Å²) in [5, 5.41) is 0. The van der Waals surface area contributed by atoms with Gasteiger partial charge in [0, 0.05) is 13.0 Å². The maximum absolute atomic E-state index is 12.1. The third-order valence-corrected chi connectivity index (χ3v) is 8.12. The highest BCUT2D eigenvalue weighted by Crippen LogP contribution is 2.38. The fourth-order valence-electron chi connectivity index (χ4n) is 4.46. The molecule has 0 radical (unpaired) electrons. The van der Waals surface area contributed by atoms with Gasteiger partial charge >= 0.3 is 5.97 Å². The molecule has 2 atom stereocenters. The summed E-state index contributed by atoms with van der Waals surface area (Å²) in [5.41, 5.74) is 0. The van der Waals surface area contributed by atoms with E-state index in [2.05, 4.69) is 6.92 Å². The van der Waals surface area contributed by atoms with Gasteiger partial charge in [-0.3, -0.25) is 9.36 Å². The molecule has 246 valence electrons. The van der Waals surface area contributed by atoms with Crippen molar-refractivity contribution in [2.24, 2.45) is 0 Å². The molecule has 0 saturated heterocycles. The lowest BCUT2D eigenvalue weighted by Crippen LogP contribution is -2.37. The molecule has 0 rings (SSSR count). The molecule has 0 aromatic rings. The summed E-state index contributed by atoms with van der Waals surface area (Å²) in [4.78, 5) is 24.2. The van der Waals surface area contributed by atoms with Crippen molar-refractivity contribution < 1.29 is 37.3 Å². The van der Waals surface area contributed by atoms with Crippen LogP contribution in [0.25, 0.3) is 0 Å². The Bertz CT molecular complexity index is 642. The van der Waals surface area contributed by atoms with Crippen LogP contribution in [0.1, 0.15) is 142 Å². The molecule has 0 spiro atoms. The highest BCUT2D eigenvalue weighted by molar-refractivity contribution is 7.45. The monoisotopic (exact) mass is 607 g/mol. The van der Waals surface area contributed by atoms with E-state index in [1.165, 1.54) is 96.3 Å². The number of hydrogen-bond acceptors (Lipinski definition) is 7. The molecule has 0 aliphatic heterocycles. The Hall–Kier alpha value is -0.500. The summed E-state index contributed by atoms with van der Waals surface area (Å²) < 4.78 is 33.8. The summed E-state index contributed by atoms with van der Waals surface area (Å²) in [6.45, 7) is 5.18. The van der Waals surface area contributed by atoms with E-state index in [0.717, 1.165) is 25.7 Å². The van der Waals surface area contributed by atoms with Crippen molar-refractivity contribution in [2.45, 2.75) is 148 Å². The Balaban J connectivity index is 3.92. The third kappa shape index (κ3) is 30.8. The van der Waals surface area contributed by atoms with Gasteiger partial charge in [-0.2, -0.15) is 0 Å². The molecule has 0 heterocycles. The van der Waals surface area contributed by atoms with Crippen LogP contribution in [0.5, 0.6) is 0 Å². The van der Waals surface area contributed by atoms with E-state index in [1.54, 1.807) is 0 Å². The van der Waals surface area contributed by atoms with Crippen LogP contribution in [-0.4, -0.2) is 70.7 Å². The van der Waals surface area contributed by atoms with E-state index >= 15 is 0 Å². The lowest BCUT2D eigenvalue weighted by Gasteiger charge is -2.28. The molecule has 0 aliphatic rings. The molecule has 41 heavy (non-hydrogen) atoms. The first-order valence-electron chi connectivity index (χ1n) is 16.8. The Morgan fingerprint density at radius 3 is 1.59 bits per heavy atom. The number of likely N-dealkylation sites (N-methyl/N-ethyl adjacent to an activating group) is 1. The van der Waals surface area contributed by atoms with Gasteiger partial charge in [-0.05, 0) is 12.8 Å². The Labute approximate surface area is 253 Å². The average molecular weight is 608 g/mol. The number of rotatable bonds is 31. The highest BCUT2D eigenvalue weighted by Gasteiger charge is 2.20. The maximum Gasteiger partial charge on any atom is 0.306 e. The number of carbonyl (C=O) groups excluding carboxylic acids is 1. The smallest absolute Gasteiger partial charge is 0.306 e. The fourth-order valence-corrected chi connectivity index (χ4v) is 5.19. The van der Waals surface area contributed by atoms with E-state index in [4.69, 9.17) is 18.5 Å². The lowest BCUT2D eigenvalue weighted by molar-refractivity contribution is -0.870. The van der Waals surface area contributed by atoms with Gasteiger partial charge in [0.25, 0.3) is 7.82 Å². The molecule has 0 aromatic heterocycles. The molecular weight excluding hydrogens is 541 g/mol. The number of quaternary nitrogens is 1. The van der Waals surface area contributed by atoms with Crippen LogP contribution < -0.4 is 4.89 Å². The summed E-state index contributed by atoms with van der Waals surface area (Å²) in [7, 11) is 1.36. The number of hydrogen-bond donors (Lipinski definition) is 0. The van der Waals surface area contributed by atoms with Gasteiger partial charge in [0.15, 0.2) is 0 Å². The van der Waals surface area contributed by atoms with Crippen LogP contribution in [0, 0.1) is 0 Å². The Kier molecular flexibility index (Phi) is 26.7. The fraction of sp³-hybridized carbons (Fsp3) is 0.969. The summed E-state index contributed by atoms with van der Waals surface area (Å²) in [6.07, 6.45) is 23.6. The largest absolute Gasteiger partial charge is 0.756 e. The highest BCUT2D eigenvalue weighted by atomic mass is 31.2. The first-order chi connectivity index (χ1) is 19.6. The van der Waals surface area contributed by atoms with Crippen molar-refractivity contribution >= 4 is 13.8 Å². The second kappa shape index (κ2) is 27.1. The normalized spacial score (nSPS) is 14.2. The molecule has 0 aromatic carbocycles. The van der Waals surface area contributed by atoms with Gasteiger partial charge in [0.1, 0.15) is 19.3 Å². The second-order valence-corrected chi connectivity index (χ2v) is 13.9. The Morgan fingerprint density at radius 2 is 1.12 bits per heavy atom. The predicted molar refractivity (Wildman–Crippen MR) is 167 cm³/mol. The number of phosphoric ester groups is 1. The summed E-state index contributed by atoms with van der Waals surface area (Å²) in [6, 6.07) is 0. The average Bonchev–Trinajstić information content (AvgIpc) is 2.90. The molecule has 0 saturated carbocycles.